The maximum Gasteiger partial charge on any atom is 0.410 e. The average Bonchev–Trinajstić information content (AvgIpc) is 3.37. The summed E-state index contributed by atoms with van der Waals surface area (Å²) >= 11 is 0. The third-order valence-electron chi connectivity index (χ3n) is 7.66. The number of anilines is 1. The first kappa shape index (κ1) is 39.2. The van der Waals surface area contributed by atoms with Gasteiger partial charge in [0.1, 0.15) is 18.7 Å². The Kier molecular flexibility index (Phi) is 16.6. The van der Waals surface area contributed by atoms with Crippen molar-refractivity contribution in [2.24, 2.45) is 11.7 Å². The van der Waals surface area contributed by atoms with E-state index in [0.717, 1.165) is 10.5 Å². The van der Waals surface area contributed by atoms with Crippen molar-refractivity contribution in [3.05, 3.63) is 42.0 Å². The Morgan fingerprint density at radius 2 is 1.52 bits per heavy atom. The summed E-state index contributed by atoms with van der Waals surface area (Å²) in [6.07, 6.45) is 4.35. The van der Waals surface area contributed by atoms with E-state index in [9.17, 15) is 33.6 Å². The number of urea groups is 1. The van der Waals surface area contributed by atoms with Crippen LogP contribution in [0.4, 0.5) is 15.3 Å². The van der Waals surface area contributed by atoms with Gasteiger partial charge in [-0.05, 0) is 63.1 Å². The molecule has 0 bridgehead atoms. The minimum absolute atomic E-state index is 0.0652. The van der Waals surface area contributed by atoms with Crippen LogP contribution in [-0.2, 0) is 35.3 Å². The molecule has 0 unspecified atom stereocenters. The molecule has 6 N–H and O–H groups in total. The van der Waals surface area contributed by atoms with Gasteiger partial charge >= 0.3 is 12.1 Å². The topological polar surface area (TPSA) is 209 Å². The molecular formula is C33H49N7O8. The van der Waals surface area contributed by atoms with Gasteiger partial charge < -0.3 is 36.6 Å². The molecule has 0 saturated carbocycles. The predicted octanol–water partition coefficient (Wildman–Crippen LogP) is 2.16. The summed E-state index contributed by atoms with van der Waals surface area (Å²) in [7, 11) is 0. The van der Waals surface area contributed by atoms with Gasteiger partial charge in [0.25, 0.3) is 11.8 Å². The van der Waals surface area contributed by atoms with Crippen molar-refractivity contribution in [2.45, 2.75) is 84.9 Å². The lowest BCUT2D eigenvalue weighted by atomic mass is 10.0. The maximum absolute atomic E-state index is 13.4. The van der Waals surface area contributed by atoms with Crippen LogP contribution in [0.5, 0.6) is 0 Å². The Bertz CT molecular complexity index is 1290. The number of nitrogens with one attached hydrogen (secondary N) is 4. The number of rotatable bonds is 20. The Hall–Kier alpha value is -4.95. The molecule has 0 aliphatic carbocycles. The molecule has 1 heterocycles. The van der Waals surface area contributed by atoms with E-state index in [0.29, 0.717) is 44.5 Å². The summed E-state index contributed by atoms with van der Waals surface area (Å²) in [5.41, 5.74) is 6.32. The second-order valence-electron chi connectivity index (χ2n) is 11.7. The number of carbonyl (C=O) groups excluding carboxylic acids is 7. The fraction of sp³-hybridized carbons (Fsp3) is 0.545. The molecule has 0 fully saturated rings. The van der Waals surface area contributed by atoms with Crippen molar-refractivity contribution < 1.29 is 38.3 Å². The number of carbonyl (C=O) groups is 7. The van der Waals surface area contributed by atoms with Crippen molar-refractivity contribution in [3.8, 4) is 0 Å². The molecule has 1 aromatic carbocycles. The standard InChI is InChI=1S/C33H49N7O8/c1-5-39(6-2)33(47)48-21-23-13-15-24(16-14-23)36-30(44)25(11-10-19-35-32(34)46)37-31(45)29(22(3)4)38-26(41)12-8-7-9-20-40-27(42)17-18-28(40)43/h13-18,22,25,29H,5-12,19-21H2,1-4H3,(H,36,44)(H,37,45)(H,38,41)(H3,34,35,46)/t25-,29-/m0/s1. The van der Waals surface area contributed by atoms with E-state index in [1.165, 1.54) is 12.2 Å². The Morgan fingerprint density at radius 3 is 2.10 bits per heavy atom. The SMILES string of the molecule is CCN(CC)C(=O)OCc1ccc(NC(=O)[C@H](CCCNC(N)=O)NC(=O)[C@@H](NC(=O)CCCCCN2C(=O)C=CC2=O)C(C)C)cc1. The molecule has 264 valence electrons. The van der Waals surface area contributed by atoms with E-state index >= 15 is 0 Å². The number of ether oxygens (including phenoxy) is 1. The Labute approximate surface area is 281 Å². The number of unbranched alkanes of at least 4 members (excludes halogenated alkanes) is 2. The quantitative estimate of drug-likeness (QED) is 0.102. The third-order valence-corrected chi connectivity index (χ3v) is 7.66. The van der Waals surface area contributed by atoms with E-state index in [-0.39, 0.29) is 56.2 Å². The molecule has 1 aromatic rings. The molecule has 0 spiro atoms. The second kappa shape index (κ2) is 20.3. The first-order valence-electron chi connectivity index (χ1n) is 16.3. The Balaban J connectivity index is 1.95. The van der Waals surface area contributed by atoms with Gasteiger partial charge in [0.2, 0.25) is 17.7 Å². The van der Waals surface area contributed by atoms with E-state index in [4.69, 9.17) is 10.5 Å². The zero-order chi connectivity index (χ0) is 35.6. The number of hydrogen-bond acceptors (Lipinski definition) is 8. The van der Waals surface area contributed by atoms with Crippen molar-refractivity contribution in [2.75, 3.05) is 31.5 Å². The number of amides is 8. The van der Waals surface area contributed by atoms with Crippen LogP contribution in [0.15, 0.2) is 36.4 Å². The summed E-state index contributed by atoms with van der Waals surface area (Å²) in [5.74, 6) is -2.36. The van der Waals surface area contributed by atoms with Crippen molar-refractivity contribution in [3.63, 3.8) is 0 Å². The van der Waals surface area contributed by atoms with Crippen LogP contribution in [0.2, 0.25) is 0 Å². The van der Waals surface area contributed by atoms with E-state index < -0.39 is 36.0 Å². The van der Waals surface area contributed by atoms with Gasteiger partial charge in [0.05, 0.1) is 0 Å². The van der Waals surface area contributed by atoms with E-state index in [1.807, 2.05) is 13.8 Å². The van der Waals surface area contributed by atoms with Crippen molar-refractivity contribution in [1.82, 2.24) is 25.8 Å². The normalized spacial score (nSPS) is 13.6. The molecule has 1 aliphatic heterocycles. The first-order chi connectivity index (χ1) is 22.9. The fourth-order valence-electron chi connectivity index (χ4n) is 4.84. The van der Waals surface area contributed by atoms with Gasteiger partial charge in [0.15, 0.2) is 0 Å². The number of imide groups is 1. The molecule has 0 aromatic heterocycles. The smallest absolute Gasteiger partial charge is 0.410 e. The van der Waals surface area contributed by atoms with Gasteiger partial charge in [0, 0.05) is 50.4 Å². The molecule has 1 aliphatic rings. The number of nitrogens with zero attached hydrogens (tertiary/aromatic N) is 2. The van der Waals surface area contributed by atoms with Crippen LogP contribution in [0.3, 0.4) is 0 Å². The highest BCUT2D eigenvalue weighted by Crippen LogP contribution is 2.14. The second-order valence-corrected chi connectivity index (χ2v) is 11.7. The van der Waals surface area contributed by atoms with E-state index in [1.54, 1.807) is 43.0 Å². The lowest BCUT2D eigenvalue weighted by molar-refractivity contribution is -0.137. The highest BCUT2D eigenvalue weighted by molar-refractivity contribution is 6.12. The van der Waals surface area contributed by atoms with Gasteiger partial charge in [-0.1, -0.05) is 32.4 Å². The molecular weight excluding hydrogens is 622 g/mol. The zero-order valence-electron chi connectivity index (χ0n) is 28.2. The molecule has 48 heavy (non-hydrogen) atoms. The highest BCUT2D eigenvalue weighted by atomic mass is 16.6. The molecule has 2 atom stereocenters. The summed E-state index contributed by atoms with van der Waals surface area (Å²) in [6, 6.07) is 4.11. The molecule has 2 rings (SSSR count). The number of primary amides is 1. The summed E-state index contributed by atoms with van der Waals surface area (Å²) in [4.78, 5) is 88.6. The highest BCUT2D eigenvalue weighted by Gasteiger charge is 2.29. The van der Waals surface area contributed by atoms with Crippen LogP contribution in [0, 0.1) is 5.92 Å². The van der Waals surface area contributed by atoms with Crippen LogP contribution >= 0.6 is 0 Å². The van der Waals surface area contributed by atoms with Gasteiger partial charge in [-0.3, -0.25) is 28.9 Å². The molecule has 0 saturated heterocycles. The monoisotopic (exact) mass is 671 g/mol. The number of hydrogen-bond donors (Lipinski definition) is 5. The summed E-state index contributed by atoms with van der Waals surface area (Å²) in [6.45, 7) is 8.87. The van der Waals surface area contributed by atoms with Crippen LogP contribution in [0.1, 0.15) is 71.8 Å². The first-order valence-corrected chi connectivity index (χ1v) is 16.3. The van der Waals surface area contributed by atoms with Gasteiger partial charge in [-0.25, -0.2) is 9.59 Å². The number of nitrogens with two attached hydrogens (primary N) is 1. The number of benzene rings is 1. The largest absolute Gasteiger partial charge is 0.445 e. The molecule has 15 heteroatoms. The molecule has 0 radical (unpaired) electrons. The van der Waals surface area contributed by atoms with Crippen LogP contribution < -0.4 is 27.0 Å². The third kappa shape index (κ3) is 13.4. The minimum atomic E-state index is -0.995. The van der Waals surface area contributed by atoms with Crippen molar-refractivity contribution in [1.29, 1.82) is 0 Å². The maximum atomic E-state index is 13.4. The van der Waals surface area contributed by atoms with Crippen LogP contribution in [0.25, 0.3) is 0 Å². The summed E-state index contributed by atoms with van der Waals surface area (Å²) < 4.78 is 5.33. The molecule has 15 nitrogen and oxygen atoms in total. The lowest BCUT2D eigenvalue weighted by Gasteiger charge is -2.25. The van der Waals surface area contributed by atoms with Gasteiger partial charge in [-0.15, -0.1) is 0 Å². The molecule has 8 amide bonds. The van der Waals surface area contributed by atoms with E-state index in [2.05, 4.69) is 21.3 Å². The summed E-state index contributed by atoms with van der Waals surface area (Å²) in [5, 5.41) is 10.7. The van der Waals surface area contributed by atoms with Gasteiger partial charge in [-0.2, -0.15) is 0 Å². The van der Waals surface area contributed by atoms with Crippen molar-refractivity contribution >= 4 is 47.3 Å². The zero-order valence-corrected chi connectivity index (χ0v) is 28.2. The Morgan fingerprint density at radius 1 is 0.875 bits per heavy atom. The minimum Gasteiger partial charge on any atom is -0.445 e. The predicted molar refractivity (Wildman–Crippen MR) is 178 cm³/mol. The lowest BCUT2D eigenvalue weighted by Crippen LogP contribution is -2.54. The fourth-order valence-corrected chi connectivity index (χ4v) is 4.84. The average molecular weight is 672 g/mol. The van der Waals surface area contributed by atoms with Crippen LogP contribution in [-0.4, -0.2) is 89.7 Å².